The molecule has 0 aromatic rings. The van der Waals surface area contributed by atoms with E-state index in [0.29, 0.717) is 13.2 Å². The lowest BCUT2D eigenvalue weighted by Crippen LogP contribution is -2.32. The molecule has 0 saturated carbocycles. The summed E-state index contributed by atoms with van der Waals surface area (Å²) in [6, 6.07) is 0. The second-order valence-corrected chi connectivity index (χ2v) is 4.54. The molecular weight excluding hydrogens is 221 g/mol. The monoisotopic (exact) mass is 237 g/mol. The highest BCUT2D eigenvalue weighted by Gasteiger charge is 2.51. The maximum Gasteiger partial charge on any atom is 0.468 e. The van der Waals surface area contributed by atoms with Gasteiger partial charge in [0.05, 0.1) is 31.5 Å². The Labute approximate surface area is 100 Å². The van der Waals surface area contributed by atoms with Gasteiger partial charge < -0.3 is 24.9 Å². The van der Waals surface area contributed by atoms with Crippen molar-refractivity contribution in [2.24, 2.45) is 5.73 Å². The van der Waals surface area contributed by atoms with E-state index < -0.39 is 0 Å². The minimum atomic E-state index is -0.357. The van der Waals surface area contributed by atoms with E-state index in [1.807, 2.05) is 18.2 Å². The van der Waals surface area contributed by atoms with E-state index in [9.17, 15) is 5.11 Å². The van der Waals surface area contributed by atoms with Gasteiger partial charge in [-0.3, -0.25) is 0 Å². The Bertz CT molecular complexity index is 359. The fourth-order valence-electron chi connectivity index (χ4n) is 2.67. The summed E-state index contributed by atoms with van der Waals surface area (Å²) in [5, 5.41) is 9.18. The molecule has 2 unspecified atom stereocenters. The molecule has 0 aromatic heterocycles. The molecule has 92 valence electrons. The molecule has 0 amide bonds. The highest BCUT2D eigenvalue weighted by atomic mass is 16.6. The van der Waals surface area contributed by atoms with Gasteiger partial charge in [-0.2, -0.15) is 0 Å². The van der Waals surface area contributed by atoms with E-state index in [0.717, 1.165) is 5.57 Å². The number of hydrogen-bond acceptors (Lipinski definition) is 5. The Hall–Kier alpha value is -0.655. The van der Waals surface area contributed by atoms with Crippen molar-refractivity contribution >= 4 is 7.12 Å². The molecule has 4 atom stereocenters. The first-order chi connectivity index (χ1) is 8.33. The number of nitrogens with two attached hydrogens (primary N) is 1. The fraction of sp³-hybridized carbons (Fsp3) is 0.636. The van der Waals surface area contributed by atoms with Crippen LogP contribution in [0.4, 0.5) is 0 Å². The molecule has 2 saturated heterocycles. The number of ether oxygens (including phenoxy) is 1. The van der Waals surface area contributed by atoms with Crippen molar-refractivity contribution in [3.05, 3.63) is 23.8 Å². The van der Waals surface area contributed by atoms with Crippen LogP contribution in [0.3, 0.4) is 0 Å². The molecule has 0 radical (unpaired) electrons. The van der Waals surface area contributed by atoms with Gasteiger partial charge in [-0.05, 0) is 5.57 Å². The van der Waals surface area contributed by atoms with E-state index in [4.69, 9.17) is 19.8 Å². The standard InChI is InChI=1S/C11H16BNO4/c13-4-10-8-2-1-3-9-11(8)12(17-10)16-7(5-14)6-15-9/h1-3,7,9-11,14H,4-6,13H2/t7-,9?,10-,11?/m1/s1. The minimum Gasteiger partial charge on any atom is -0.403 e. The molecule has 5 nitrogen and oxygen atoms in total. The third-order valence-corrected chi connectivity index (χ3v) is 3.51. The summed E-state index contributed by atoms with van der Waals surface area (Å²) in [7, 11) is -0.357. The smallest absolute Gasteiger partial charge is 0.403 e. The predicted octanol–water partition coefficient (Wildman–Crippen LogP) is -0.525. The summed E-state index contributed by atoms with van der Waals surface area (Å²) in [5.41, 5.74) is 6.84. The Balaban J connectivity index is 1.89. The molecule has 17 heavy (non-hydrogen) atoms. The zero-order chi connectivity index (χ0) is 11.8. The SMILES string of the molecule is NC[C@H]1OB2O[C@H](CO)COC3C=CC=C1C23. The second-order valence-electron chi connectivity index (χ2n) is 4.54. The van der Waals surface area contributed by atoms with Gasteiger partial charge in [0.2, 0.25) is 0 Å². The van der Waals surface area contributed by atoms with Gasteiger partial charge in [-0.1, -0.05) is 18.2 Å². The van der Waals surface area contributed by atoms with Crippen LogP contribution in [0.2, 0.25) is 5.82 Å². The van der Waals surface area contributed by atoms with Crippen LogP contribution < -0.4 is 5.73 Å². The lowest BCUT2D eigenvalue weighted by atomic mass is 9.65. The van der Waals surface area contributed by atoms with Crippen LogP contribution in [0.15, 0.2) is 23.8 Å². The number of allylic oxidation sites excluding steroid dienone is 2. The number of hydrogen-bond donors (Lipinski definition) is 2. The summed E-state index contributed by atoms with van der Waals surface area (Å²) in [4.78, 5) is 0. The molecule has 0 aromatic carbocycles. The lowest BCUT2D eigenvalue weighted by Gasteiger charge is -2.23. The molecule has 3 aliphatic rings. The number of rotatable bonds is 2. The molecule has 2 aliphatic heterocycles. The zero-order valence-electron chi connectivity index (χ0n) is 9.49. The predicted molar refractivity (Wildman–Crippen MR) is 62.4 cm³/mol. The van der Waals surface area contributed by atoms with Gasteiger partial charge in [-0.25, -0.2) is 0 Å². The van der Waals surface area contributed by atoms with Crippen LogP contribution in [-0.2, 0) is 14.0 Å². The first-order valence-electron chi connectivity index (χ1n) is 5.95. The van der Waals surface area contributed by atoms with Crippen molar-refractivity contribution in [2.45, 2.75) is 24.1 Å². The summed E-state index contributed by atoms with van der Waals surface area (Å²) >= 11 is 0. The van der Waals surface area contributed by atoms with Crippen molar-refractivity contribution in [2.75, 3.05) is 19.8 Å². The van der Waals surface area contributed by atoms with Crippen LogP contribution in [-0.4, -0.2) is 50.3 Å². The third kappa shape index (κ3) is 1.86. The van der Waals surface area contributed by atoms with Gasteiger partial charge >= 0.3 is 7.12 Å². The van der Waals surface area contributed by atoms with E-state index in [1.54, 1.807) is 0 Å². The van der Waals surface area contributed by atoms with Gasteiger partial charge in [-0.15, -0.1) is 0 Å². The van der Waals surface area contributed by atoms with Crippen molar-refractivity contribution in [1.82, 2.24) is 0 Å². The second kappa shape index (κ2) is 4.55. The van der Waals surface area contributed by atoms with Gasteiger partial charge in [0, 0.05) is 12.4 Å². The average molecular weight is 237 g/mol. The normalized spacial score (nSPS) is 39.9. The van der Waals surface area contributed by atoms with E-state index in [1.165, 1.54) is 0 Å². The summed E-state index contributed by atoms with van der Waals surface area (Å²) < 4.78 is 17.3. The highest BCUT2D eigenvalue weighted by Crippen LogP contribution is 2.43. The first-order valence-corrected chi connectivity index (χ1v) is 5.95. The molecule has 0 bridgehead atoms. The van der Waals surface area contributed by atoms with Gasteiger partial charge in [0.1, 0.15) is 0 Å². The van der Waals surface area contributed by atoms with Gasteiger partial charge in [0.15, 0.2) is 0 Å². The first kappa shape index (κ1) is 11.4. The summed E-state index contributed by atoms with van der Waals surface area (Å²) in [6.07, 6.45) is 5.56. The molecule has 2 heterocycles. The van der Waals surface area contributed by atoms with E-state index in [2.05, 4.69) is 0 Å². The van der Waals surface area contributed by atoms with E-state index in [-0.39, 0.29) is 37.9 Å². The molecule has 3 rings (SSSR count). The molecule has 3 N–H and O–H groups in total. The minimum absolute atomic E-state index is 0.0342. The number of aliphatic hydroxyl groups excluding tert-OH is 1. The summed E-state index contributed by atoms with van der Waals surface area (Å²) in [6.45, 7) is 0.768. The molecular formula is C11H16BNO4. The Morgan fingerprint density at radius 1 is 1.47 bits per heavy atom. The fourth-order valence-corrected chi connectivity index (χ4v) is 2.67. The summed E-state index contributed by atoms with van der Waals surface area (Å²) in [5.74, 6) is 0.0742. The third-order valence-electron chi connectivity index (χ3n) is 3.51. The van der Waals surface area contributed by atoms with Crippen LogP contribution in [0.1, 0.15) is 0 Å². The maximum atomic E-state index is 9.18. The van der Waals surface area contributed by atoms with Crippen LogP contribution in [0.25, 0.3) is 0 Å². The maximum absolute atomic E-state index is 9.18. The average Bonchev–Trinajstić information content (AvgIpc) is 2.61. The molecule has 1 aliphatic carbocycles. The largest absolute Gasteiger partial charge is 0.468 e. The Morgan fingerprint density at radius 2 is 2.35 bits per heavy atom. The van der Waals surface area contributed by atoms with Gasteiger partial charge in [0.25, 0.3) is 0 Å². The highest BCUT2D eigenvalue weighted by molar-refractivity contribution is 6.49. The lowest BCUT2D eigenvalue weighted by molar-refractivity contribution is 0.00609. The van der Waals surface area contributed by atoms with Crippen molar-refractivity contribution < 1.29 is 19.2 Å². The molecule has 0 spiro atoms. The van der Waals surface area contributed by atoms with Crippen LogP contribution >= 0.6 is 0 Å². The quantitative estimate of drug-likeness (QED) is 0.632. The zero-order valence-corrected chi connectivity index (χ0v) is 9.49. The number of aliphatic hydroxyl groups is 1. The van der Waals surface area contributed by atoms with Crippen LogP contribution in [0, 0.1) is 0 Å². The Morgan fingerprint density at radius 3 is 3.12 bits per heavy atom. The molecule has 6 heteroatoms. The van der Waals surface area contributed by atoms with Crippen LogP contribution in [0.5, 0.6) is 0 Å². The Kier molecular flexibility index (Phi) is 3.06. The van der Waals surface area contributed by atoms with Crippen molar-refractivity contribution in [1.29, 1.82) is 0 Å². The van der Waals surface area contributed by atoms with E-state index >= 15 is 0 Å². The van der Waals surface area contributed by atoms with Crippen molar-refractivity contribution in [3.8, 4) is 0 Å². The topological polar surface area (TPSA) is 73.9 Å². The van der Waals surface area contributed by atoms with Crippen molar-refractivity contribution in [3.63, 3.8) is 0 Å². The molecule has 2 fully saturated rings.